The van der Waals surface area contributed by atoms with Crippen molar-refractivity contribution in [2.45, 2.75) is 18.4 Å². The molecule has 3 aromatic rings. The SMILES string of the molecule is COc1ccc(S(=O)(=O)NCc2nn3c(C)nnc3s2)cc1Cl. The Kier molecular flexibility index (Phi) is 4.23. The predicted molar refractivity (Wildman–Crippen MR) is 85.4 cm³/mol. The molecule has 0 spiro atoms. The average molecular weight is 374 g/mol. The van der Waals surface area contributed by atoms with Crippen LogP contribution in [-0.2, 0) is 16.6 Å². The molecular formula is C12H12ClN5O3S2. The van der Waals surface area contributed by atoms with Gasteiger partial charge in [0.1, 0.15) is 10.8 Å². The normalized spacial score (nSPS) is 12.0. The number of hydrogen-bond donors (Lipinski definition) is 1. The Morgan fingerprint density at radius 2 is 2.17 bits per heavy atom. The van der Waals surface area contributed by atoms with Crippen LogP contribution in [0.4, 0.5) is 0 Å². The van der Waals surface area contributed by atoms with Crippen molar-refractivity contribution in [3.63, 3.8) is 0 Å². The number of halogens is 1. The molecule has 0 saturated heterocycles. The van der Waals surface area contributed by atoms with Crippen LogP contribution in [0.15, 0.2) is 23.1 Å². The second-order valence-corrected chi connectivity index (χ2v) is 7.77. The van der Waals surface area contributed by atoms with Crippen molar-refractivity contribution in [1.29, 1.82) is 0 Å². The molecule has 8 nitrogen and oxygen atoms in total. The summed E-state index contributed by atoms with van der Waals surface area (Å²) in [6.07, 6.45) is 0. The van der Waals surface area contributed by atoms with Gasteiger partial charge in [-0.1, -0.05) is 22.9 Å². The van der Waals surface area contributed by atoms with Crippen LogP contribution in [0.5, 0.6) is 5.75 Å². The number of aryl methyl sites for hydroxylation is 1. The smallest absolute Gasteiger partial charge is 0.241 e. The van der Waals surface area contributed by atoms with Gasteiger partial charge in [-0.15, -0.1) is 10.2 Å². The van der Waals surface area contributed by atoms with E-state index in [2.05, 4.69) is 20.0 Å². The molecular weight excluding hydrogens is 362 g/mol. The summed E-state index contributed by atoms with van der Waals surface area (Å²) >= 11 is 7.23. The Bertz CT molecular complexity index is 966. The number of benzene rings is 1. The number of sulfonamides is 1. The molecule has 1 aromatic carbocycles. The summed E-state index contributed by atoms with van der Waals surface area (Å²) in [6, 6.07) is 4.27. The van der Waals surface area contributed by atoms with Crippen molar-refractivity contribution < 1.29 is 13.2 Å². The van der Waals surface area contributed by atoms with Gasteiger partial charge in [0, 0.05) is 0 Å². The molecule has 0 amide bonds. The maximum atomic E-state index is 12.3. The van der Waals surface area contributed by atoms with Crippen LogP contribution in [0.1, 0.15) is 10.8 Å². The second kappa shape index (κ2) is 6.04. The minimum absolute atomic E-state index is 0.0550. The number of nitrogens with zero attached hydrogens (tertiary/aromatic N) is 4. The second-order valence-electron chi connectivity index (χ2n) is 4.56. The van der Waals surface area contributed by atoms with Crippen LogP contribution >= 0.6 is 22.9 Å². The standard InChI is InChI=1S/C12H12ClN5O3S2/c1-7-15-16-12-18(7)17-11(22-12)6-14-23(19,20)8-3-4-10(21-2)9(13)5-8/h3-5,14H,6H2,1-2H3. The fourth-order valence-electron chi connectivity index (χ4n) is 1.88. The first-order valence-electron chi connectivity index (χ1n) is 6.41. The first kappa shape index (κ1) is 16.1. The van der Waals surface area contributed by atoms with Gasteiger partial charge in [0.15, 0.2) is 5.82 Å². The molecule has 2 heterocycles. The Hall–Kier alpha value is -1.75. The van der Waals surface area contributed by atoms with Crippen LogP contribution in [0.2, 0.25) is 5.02 Å². The highest BCUT2D eigenvalue weighted by Crippen LogP contribution is 2.27. The summed E-state index contributed by atoms with van der Waals surface area (Å²) in [5.41, 5.74) is 0. The predicted octanol–water partition coefficient (Wildman–Crippen LogP) is 1.63. The highest BCUT2D eigenvalue weighted by molar-refractivity contribution is 7.89. The van der Waals surface area contributed by atoms with E-state index in [4.69, 9.17) is 16.3 Å². The lowest BCUT2D eigenvalue weighted by atomic mass is 10.3. The van der Waals surface area contributed by atoms with Gasteiger partial charge in [-0.25, -0.2) is 13.1 Å². The molecule has 122 valence electrons. The summed E-state index contributed by atoms with van der Waals surface area (Å²) in [5.74, 6) is 1.06. The van der Waals surface area contributed by atoms with Crippen LogP contribution in [-0.4, -0.2) is 35.3 Å². The van der Waals surface area contributed by atoms with Gasteiger partial charge in [0.05, 0.1) is 23.6 Å². The maximum Gasteiger partial charge on any atom is 0.241 e. The minimum atomic E-state index is -3.71. The molecule has 0 aliphatic heterocycles. The zero-order valence-electron chi connectivity index (χ0n) is 12.1. The molecule has 2 aromatic heterocycles. The summed E-state index contributed by atoms with van der Waals surface area (Å²) < 4.78 is 33.7. The van der Waals surface area contributed by atoms with Crippen molar-refractivity contribution in [2.75, 3.05) is 7.11 Å². The molecule has 0 radical (unpaired) electrons. The Morgan fingerprint density at radius 1 is 1.39 bits per heavy atom. The fraction of sp³-hybridized carbons (Fsp3) is 0.250. The summed E-state index contributed by atoms with van der Waals surface area (Å²) in [7, 11) is -2.24. The molecule has 1 N–H and O–H groups in total. The van der Waals surface area contributed by atoms with Gasteiger partial charge in [-0.2, -0.15) is 9.61 Å². The highest BCUT2D eigenvalue weighted by Gasteiger charge is 2.17. The lowest BCUT2D eigenvalue weighted by Gasteiger charge is -2.07. The first-order valence-corrected chi connectivity index (χ1v) is 9.09. The Labute approximate surface area is 141 Å². The summed E-state index contributed by atoms with van der Waals surface area (Å²) in [6.45, 7) is 1.83. The van der Waals surface area contributed by atoms with E-state index in [9.17, 15) is 8.42 Å². The van der Waals surface area contributed by atoms with E-state index in [0.717, 1.165) is 0 Å². The molecule has 11 heteroatoms. The van der Waals surface area contributed by atoms with Crippen molar-refractivity contribution in [3.05, 3.63) is 34.1 Å². The molecule has 0 unspecified atom stereocenters. The topological polar surface area (TPSA) is 98.5 Å². The number of nitrogens with one attached hydrogen (secondary N) is 1. The van der Waals surface area contributed by atoms with E-state index in [-0.39, 0.29) is 16.5 Å². The molecule has 0 fully saturated rings. The molecule has 0 bridgehead atoms. The number of methoxy groups -OCH3 is 1. The molecule has 3 rings (SSSR count). The highest BCUT2D eigenvalue weighted by atomic mass is 35.5. The third-order valence-electron chi connectivity index (χ3n) is 3.04. The maximum absolute atomic E-state index is 12.3. The number of fused-ring (bicyclic) bond motifs is 1. The molecule has 0 aliphatic carbocycles. The molecule has 0 saturated carbocycles. The largest absolute Gasteiger partial charge is 0.495 e. The lowest BCUT2D eigenvalue weighted by molar-refractivity contribution is 0.414. The van der Waals surface area contributed by atoms with E-state index in [1.165, 1.54) is 36.6 Å². The monoisotopic (exact) mass is 373 g/mol. The Morgan fingerprint density at radius 3 is 2.83 bits per heavy atom. The minimum Gasteiger partial charge on any atom is -0.495 e. The van der Waals surface area contributed by atoms with Gasteiger partial charge in [-0.3, -0.25) is 0 Å². The van der Waals surface area contributed by atoms with Gasteiger partial charge in [-0.05, 0) is 25.1 Å². The molecule has 0 atom stereocenters. The molecule has 0 aliphatic rings. The average Bonchev–Trinajstić information content (AvgIpc) is 3.07. The molecule has 23 heavy (non-hydrogen) atoms. The van der Waals surface area contributed by atoms with Crippen LogP contribution in [0.3, 0.4) is 0 Å². The zero-order chi connectivity index (χ0) is 16.6. The van der Waals surface area contributed by atoms with Crippen LogP contribution < -0.4 is 9.46 Å². The van der Waals surface area contributed by atoms with Gasteiger partial charge in [0.25, 0.3) is 0 Å². The van der Waals surface area contributed by atoms with E-state index in [0.29, 0.717) is 21.5 Å². The third-order valence-corrected chi connectivity index (χ3v) is 5.63. The van der Waals surface area contributed by atoms with Crippen LogP contribution in [0, 0.1) is 6.92 Å². The lowest BCUT2D eigenvalue weighted by Crippen LogP contribution is -2.23. The zero-order valence-corrected chi connectivity index (χ0v) is 14.5. The fourth-order valence-corrected chi connectivity index (χ4v) is 4.13. The first-order chi connectivity index (χ1) is 10.9. The number of aromatic nitrogens is 4. The number of ether oxygens (including phenoxy) is 1. The van der Waals surface area contributed by atoms with Crippen molar-refractivity contribution in [1.82, 2.24) is 24.5 Å². The van der Waals surface area contributed by atoms with Gasteiger partial charge >= 0.3 is 0 Å². The number of hydrogen-bond acceptors (Lipinski definition) is 7. The Balaban J connectivity index is 1.79. The van der Waals surface area contributed by atoms with Crippen molar-refractivity contribution in [3.8, 4) is 5.75 Å². The third kappa shape index (κ3) is 3.15. The van der Waals surface area contributed by atoms with Crippen LogP contribution in [0.25, 0.3) is 4.96 Å². The van der Waals surface area contributed by atoms with Crippen molar-refractivity contribution >= 4 is 37.9 Å². The summed E-state index contributed by atoms with van der Waals surface area (Å²) in [5, 5.41) is 12.9. The van der Waals surface area contributed by atoms with Gasteiger partial charge < -0.3 is 4.74 Å². The van der Waals surface area contributed by atoms with E-state index in [1.54, 1.807) is 11.4 Å². The number of rotatable bonds is 5. The van der Waals surface area contributed by atoms with E-state index < -0.39 is 10.0 Å². The quantitative estimate of drug-likeness (QED) is 0.729. The van der Waals surface area contributed by atoms with Gasteiger partial charge in [0.2, 0.25) is 15.0 Å². The summed E-state index contributed by atoms with van der Waals surface area (Å²) in [4.78, 5) is 0.673. The van der Waals surface area contributed by atoms with E-state index >= 15 is 0 Å². The van der Waals surface area contributed by atoms with E-state index in [1.807, 2.05) is 0 Å². The van der Waals surface area contributed by atoms with Crippen molar-refractivity contribution in [2.24, 2.45) is 0 Å².